The van der Waals surface area contributed by atoms with Crippen LogP contribution in [0.25, 0.3) is 0 Å². The van der Waals surface area contributed by atoms with Gasteiger partial charge < -0.3 is 15.0 Å². The first-order valence-corrected chi connectivity index (χ1v) is 7.80. The highest BCUT2D eigenvalue weighted by Crippen LogP contribution is 2.30. The van der Waals surface area contributed by atoms with Crippen LogP contribution in [-0.2, 0) is 0 Å². The SMILES string of the molecule is Cc1cc(C)c(OCCC[NH2+]CC[NH+](C)C)c(Br)c1. The zero-order chi connectivity index (χ0) is 14.3. The van der Waals surface area contributed by atoms with Crippen molar-refractivity contribution in [3.05, 3.63) is 27.7 Å². The fourth-order valence-corrected chi connectivity index (χ4v) is 2.81. The highest BCUT2D eigenvalue weighted by Gasteiger charge is 2.06. The number of likely N-dealkylation sites (N-methyl/N-ethyl adjacent to an activating group) is 1. The first-order valence-electron chi connectivity index (χ1n) is 7.01. The number of nitrogens with one attached hydrogen (secondary N) is 1. The summed E-state index contributed by atoms with van der Waals surface area (Å²) in [6.07, 6.45) is 1.09. The van der Waals surface area contributed by atoms with Crippen molar-refractivity contribution in [1.29, 1.82) is 0 Å². The van der Waals surface area contributed by atoms with E-state index in [9.17, 15) is 0 Å². The van der Waals surface area contributed by atoms with Crippen LogP contribution in [0.1, 0.15) is 17.5 Å². The maximum atomic E-state index is 5.88. The van der Waals surface area contributed by atoms with Gasteiger partial charge in [-0.1, -0.05) is 6.07 Å². The number of benzene rings is 1. The fraction of sp³-hybridized carbons (Fsp3) is 0.600. The van der Waals surface area contributed by atoms with E-state index >= 15 is 0 Å². The van der Waals surface area contributed by atoms with Crippen LogP contribution in [0.4, 0.5) is 0 Å². The van der Waals surface area contributed by atoms with E-state index in [0.717, 1.165) is 29.8 Å². The second-order valence-electron chi connectivity index (χ2n) is 5.42. The monoisotopic (exact) mass is 330 g/mol. The van der Waals surface area contributed by atoms with Crippen LogP contribution < -0.4 is 15.0 Å². The lowest BCUT2D eigenvalue weighted by Gasteiger charge is -2.12. The fourth-order valence-electron chi connectivity index (χ4n) is 2.02. The molecule has 19 heavy (non-hydrogen) atoms. The minimum Gasteiger partial charge on any atom is -0.492 e. The average Bonchev–Trinajstić information content (AvgIpc) is 2.30. The molecule has 4 heteroatoms. The Morgan fingerprint density at radius 3 is 2.58 bits per heavy atom. The highest BCUT2D eigenvalue weighted by atomic mass is 79.9. The van der Waals surface area contributed by atoms with E-state index in [0.29, 0.717) is 0 Å². The molecule has 0 radical (unpaired) electrons. The molecule has 3 N–H and O–H groups in total. The summed E-state index contributed by atoms with van der Waals surface area (Å²) in [4.78, 5) is 1.51. The van der Waals surface area contributed by atoms with E-state index in [4.69, 9.17) is 4.74 Å². The molecular weight excluding hydrogens is 304 g/mol. The van der Waals surface area contributed by atoms with Gasteiger partial charge in [0.15, 0.2) is 0 Å². The number of halogens is 1. The van der Waals surface area contributed by atoms with E-state index in [1.807, 2.05) is 0 Å². The molecule has 0 saturated heterocycles. The Morgan fingerprint density at radius 1 is 1.21 bits per heavy atom. The summed E-state index contributed by atoms with van der Waals surface area (Å²) in [6, 6.07) is 4.26. The van der Waals surface area contributed by atoms with E-state index in [1.165, 1.54) is 29.1 Å². The minimum absolute atomic E-state index is 0.786. The van der Waals surface area contributed by atoms with Gasteiger partial charge in [0.05, 0.1) is 31.7 Å². The largest absolute Gasteiger partial charge is 0.492 e. The molecule has 0 unspecified atom stereocenters. The minimum atomic E-state index is 0.786. The molecule has 1 aromatic carbocycles. The van der Waals surface area contributed by atoms with Crippen LogP contribution >= 0.6 is 15.9 Å². The number of rotatable bonds is 8. The lowest BCUT2D eigenvalue weighted by atomic mass is 10.1. The Kier molecular flexibility index (Phi) is 7.42. The van der Waals surface area contributed by atoms with Gasteiger partial charge in [0, 0.05) is 6.42 Å². The smallest absolute Gasteiger partial charge is 0.136 e. The molecule has 0 aliphatic rings. The van der Waals surface area contributed by atoms with Gasteiger partial charge in [-0.15, -0.1) is 0 Å². The third kappa shape index (κ3) is 6.41. The van der Waals surface area contributed by atoms with Crippen LogP contribution in [0.5, 0.6) is 5.75 Å². The molecule has 0 heterocycles. The van der Waals surface area contributed by atoms with Crippen LogP contribution in [0, 0.1) is 13.8 Å². The van der Waals surface area contributed by atoms with Crippen molar-refractivity contribution in [3.63, 3.8) is 0 Å². The first kappa shape index (κ1) is 16.5. The van der Waals surface area contributed by atoms with Gasteiger partial charge in [0.1, 0.15) is 18.8 Å². The molecule has 0 saturated carbocycles. The highest BCUT2D eigenvalue weighted by molar-refractivity contribution is 9.10. The Hall–Kier alpha value is -0.580. The number of nitrogens with two attached hydrogens (primary N) is 1. The Labute approximate surface area is 125 Å². The van der Waals surface area contributed by atoms with Gasteiger partial charge in [-0.05, 0) is 47.0 Å². The molecule has 0 bridgehead atoms. The molecule has 0 spiro atoms. The van der Waals surface area contributed by atoms with Crippen molar-refractivity contribution in [2.24, 2.45) is 0 Å². The topological polar surface area (TPSA) is 30.3 Å². The molecule has 0 atom stereocenters. The molecule has 108 valence electrons. The Bertz CT molecular complexity index is 371. The maximum Gasteiger partial charge on any atom is 0.136 e. The summed E-state index contributed by atoms with van der Waals surface area (Å²) in [6.45, 7) is 8.52. The van der Waals surface area contributed by atoms with Crippen LogP contribution in [0.2, 0.25) is 0 Å². The lowest BCUT2D eigenvalue weighted by Crippen LogP contribution is -3.09. The zero-order valence-electron chi connectivity index (χ0n) is 12.6. The molecule has 0 aromatic heterocycles. The number of hydrogen-bond acceptors (Lipinski definition) is 1. The summed E-state index contributed by atoms with van der Waals surface area (Å²) in [7, 11) is 4.38. The predicted octanol–water partition coefficient (Wildman–Crippen LogP) is 0.543. The van der Waals surface area contributed by atoms with E-state index in [-0.39, 0.29) is 0 Å². The quantitative estimate of drug-likeness (QED) is 0.670. The zero-order valence-corrected chi connectivity index (χ0v) is 14.1. The van der Waals surface area contributed by atoms with Gasteiger partial charge in [0.25, 0.3) is 0 Å². The van der Waals surface area contributed by atoms with Gasteiger partial charge in [-0.25, -0.2) is 0 Å². The van der Waals surface area contributed by atoms with Crippen LogP contribution in [-0.4, -0.2) is 40.3 Å². The standard InChI is InChI=1S/C15H25BrN2O/c1-12-10-13(2)15(14(16)11-12)19-9-5-6-17-7-8-18(3)4/h10-11,17H,5-9H2,1-4H3/p+2. The Morgan fingerprint density at radius 2 is 1.95 bits per heavy atom. The maximum absolute atomic E-state index is 5.88. The normalized spacial score (nSPS) is 11.1. The van der Waals surface area contributed by atoms with Crippen molar-refractivity contribution in [1.82, 2.24) is 0 Å². The molecule has 0 amide bonds. The third-order valence-electron chi connectivity index (χ3n) is 3.02. The molecule has 0 aliphatic heterocycles. The molecule has 0 aliphatic carbocycles. The molecular formula is C15H27BrN2O+2. The lowest BCUT2D eigenvalue weighted by molar-refractivity contribution is -0.874. The van der Waals surface area contributed by atoms with Crippen LogP contribution in [0.3, 0.4) is 0 Å². The van der Waals surface area contributed by atoms with E-state index in [2.05, 4.69) is 61.3 Å². The van der Waals surface area contributed by atoms with Gasteiger partial charge >= 0.3 is 0 Å². The van der Waals surface area contributed by atoms with E-state index in [1.54, 1.807) is 0 Å². The number of aryl methyl sites for hydroxylation is 2. The van der Waals surface area contributed by atoms with Crippen molar-refractivity contribution in [3.8, 4) is 5.75 Å². The van der Waals surface area contributed by atoms with Crippen molar-refractivity contribution in [2.75, 3.05) is 40.3 Å². The van der Waals surface area contributed by atoms with Gasteiger partial charge in [-0.3, -0.25) is 0 Å². The summed E-state index contributed by atoms with van der Waals surface area (Å²) >= 11 is 3.57. The first-order chi connectivity index (χ1) is 9.00. The summed E-state index contributed by atoms with van der Waals surface area (Å²) in [5.74, 6) is 0.989. The van der Waals surface area contributed by atoms with Crippen molar-refractivity contribution < 1.29 is 15.0 Å². The van der Waals surface area contributed by atoms with Crippen LogP contribution in [0.15, 0.2) is 16.6 Å². The molecule has 3 nitrogen and oxygen atoms in total. The summed E-state index contributed by atoms with van der Waals surface area (Å²) < 4.78 is 6.94. The predicted molar refractivity (Wildman–Crippen MR) is 83.1 cm³/mol. The summed E-state index contributed by atoms with van der Waals surface area (Å²) in [5.41, 5.74) is 2.46. The number of ether oxygens (including phenoxy) is 1. The Balaban J connectivity index is 2.23. The second-order valence-corrected chi connectivity index (χ2v) is 6.27. The van der Waals surface area contributed by atoms with Crippen molar-refractivity contribution >= 4 is 15.9 Å². The third-order valence-corrected chi connectivity index (χ3v) is 3.61. The van der Waals surface area contributed by atoms with E-state index < -0.39 is 0 Å². The summed E-state index contributed by atoms with van der Waals surface area (Å²) in [5, 5.41) is 2.37. The average molecular weight is 331 g/mol. The number of hydrogen-bond donors (Lipinski definition) is 2. The molecule has 1 aromatic rings. The molecule has 1 rings (SSSR count). The van der Waals surface area contributed by atoms with Gasteiger partial charge in [-0.2, -0.15) is 0 Å². The second kappa shape index (κ2) is 8.56. The van der Waals surface area contributed by atoms with Crippen molar-refractivity contribution in [2.45, 2.75) is 20.3 Å². The molecule has 0 fully saturated rings. The van der Waals surface area contributed by atoms with Gasteiger partial charge in [0.2, 0.25) is 0 Å². The number of quaternary nitrogens is 2.